The number of aliphatic hydroxyl groups excluding tert-OH is 1. The minimum atomic E-state index is -0.438. The van der Waals surface area contributed by atoms with Crippen molar-refractivity contribution in [2.24, 2.45) is 0 Å². The summed E-state index contributed by atoms with van der Waals surface area (Å²) in [6, 6.07) is 15.8. The molecule has 0 aromatic heterocycles. The molecule has 25 heavy (non-hydrogen) atoms. The molecule has 0 radical (unpaired) electrons. The Morgan fingerprint density at radius 3 is 2.72 bits per heavy atom. The van der Waals surface area contributed by atoms with E-state index >= 15 is 0 Å². The summed E-state index contributed by atoms with van der Waals surface area (Å²) in [5.74, 6) is 0.835. The number of para-hydroxylation sites is 1. The molecule has 0 aliphatic carbocycles. The number of benzene rings is 2. The van der Waals surface area contributed by atoms with Crippen LogP contribution in [-0.2, 0) is 0 Å². The van der Waals surface area contributed by atoms with Crippen molar-refractivity contribution in [1.29, 1.82) is 0 Å². The molecule has 134 valence electrons. The second-order valence-corrected chi connectivity index (χ2v) is 8.23. The van der Waals surface area contributed by atoms with Gasteiger partial charge in [0.2, 0.25) is 0 Å². The Morgan fingerprint density at radius 2 is 1.92 bits per heavy atom. The fraction of sp³-hybridized carbons (Fsp3) is 0.400. The molecule has 5 heteroatoms. The molecule has 1 aliphatic heterocycles. The molecule has 4 unspecified atom stereocenters. The van der Waals surface area contributed by atoms with Gasteiger partial charge in [0.1, 0.15) is 12.4 Å². The van der Waals surface area contributed by atoms with E-state index in [-0.39, 0.29) is 12.0 Å². The second-order valence-electron chi connectivity index (χ2n) is 6.40. The number of hydrogen-bond acceptors (Lipinski definition) is 4. The highest BCUT2D eigenvalue weighted by Crippen LogP contribution is 2.47. The van der Waals surface area contributed by atoms with Crippen molar-refractivity contribution >= 4 is 23.4 Å². The van der Waals surface area contributed by atoms with Gasteiger partial charge in [0.25, 0.3) is 0 Å². The first kappa shape index (κ1) is 18.6. The Balaban J connectivity index is 1.51. The Labute approximate surface area is 158 Å². The number of halogens is 1. The number of hydrogen-bond donors (Lipinski definition) is 2. The van der Waals surface area contributed by atoms with Crippen LogP contribution in [0.5, 0.6) is 5.75 Å². The van der Waals surface area contributed by atoms with Gasteiger partial charge in [0.05, 0.1) is 11.1 Å². The van der Waals surface area contributed by atoms with Crippen LogP contribution in [0, 0.1) is 0 Å². The standard InChI is InChI=1S/C20H24ClNO2S/c1-13(22-11-12-24-17-9-5-4-8-16(17)21)20(23)19-14(2)25-18-10-6-3-7-15(18)19/h3-10,13-14,19-20,22-23H,11-12H2,1-2H3. The molecule has 0 fully saturated rings. The van der Waals surface area contributed by atoms with Crippen molar-refractivity contribution < 1.29 is 9.84 Å². The van der Waals surface area contributed by atoms with Crippen LogP contribution in [0.3, 0.4) is 0 Å². The highest BCUT2D eigenvalue weighted by molar-refractivity contribution is 8.00. The van der Waals surface area contributed by atoms with Crippen molar-refractivity contribution in [3.63, 3.8) is 0 Å². The predicted molar refractivity (Wildman–Crippen MR) is 105 cm³/mol. The highest BCUT2D eigenvalue weighted by atomic mass is 35.5. The molecule has 0 amide bonds. The number of nitrogens with one attached hydrogen (secondary N) is 1. The maximum absolute atomic E-state index is 10.9. The summed E-state index contributed by atoms with van der Waals surface area (Å²) in [5, 5.41) is 15.2. The molecule has 2 N–H and O–H groups in total. The average molecular weight is 378 g/mol. The van der Waals surface area contributed by atoms with Crippen LogP contribution in [0.25, 0.3) is 0 Å². The number of ether oxygens (including phenoxy) is 1. The van der Waals surface area contributed by atoms with Gasteiger partial charge >= 0.3 is 0 Å². The fourth-order valence-corrected chi connectivity index (χ4v) is 4.83. The van der Waals surface area contributed by atoms with Crippen molar-refractivity contribution in [3.8, 4) is 5.75 Å². The van der Waals surface area contributed by atoms with Gasteiger partial charge in [-0.1, -0.05) is 48.9 Å². The van der Waals surface area contributed by atoms with Gasteiger partial charge in [0.15, 0.2) is 0 Å². The van der Waals surface area contributed by atoms with E-state index in [0.29, 0.717) is 29.2 Å². The Morgan fingerprint density at radius 1 is 1.20 bits per heavy atom. The van der Waals surface area contributed by atoms with E-state index in [1.54, 1.807) is 0 Å². The lowest BCUT2D eigenvalue weighted by atomic mass is 9.87. The summed E-state index contributed by atoms with van der Waals surface area (Å²) in [4.78, 5) is 1.29. The summed E-state index contributed by atoms with van der Waals surface area (Å²) in [6.45, 7) is 5.37. The predicted octanol–water partition coefficient (Wildman–Crippen LogP) is 4.34. The highest BCUT2D eigenvalue weighted by Gasteiger charge is 2.37. The molecule has 3 nitrogen and oxygen atoms in total. The van der Waals surface area contributed by atoms with Crippen molar-refractivity contribution in [1.82, 2.24) is 5.32 Å². The van der Waals surface area contributed by atoms with Gasteiger partial charge < -0.3 is 15.2 Å². The van der Waals surface area contributed by atoms with Gasteiger partial charge in [-0.2, -0.15) is 0 Å². The summed E-state index contributed by atoms with van der Waals surface area (Å²) >= 11 is 7.92. The molecule has 0 bridgehead atoms. The number of thioether (sulfide) groups is 1. The second kappa shape index (κ2) is 8.45. The topological polar surface area (TPSA) is 41.5 Å². The third-order valence-electron chi connectivity index (χ3n) is 4.64. The van der Waals surface area contributed by atoms with Crippen LogP contribution in [0.4, 0.5) is 0 Å². The largest absolute Gasteiger partial charge is 0.491 e. The Bertz CT molecular complexity index is 712. The lowest BCUT2D eigenvalue weighted by Gasteiger charge is -2.28. The third-order valence-corrected chi connectivity index (χ3v) is 6.24. The van der Waals surface area contributed by atoms with Gasteiger partial charge in [-0.15, -0.1) is 11.8 Å². The molecular weight excluding hydrogens is 354 g/mol. The van der Waals surface area contributed by atoms with E-state index in [1.165, 1.54) is 10.5 Å². The third kappa shape index (κ3) is 4.32. The zero-order chi connectivity index (χ0) is 17.8. The van der Waals surface area contributed by atoms with Crippen molar-refractivity contribution in [2.75, 3.05) is 13.2 Å². The normalized spacial score (nSPS) is 21.6. The fourth-order valence-electron chi connectivity index (χ4n) is 3.29. The van der Waals surface area contributed by atoms with E-state index in [4.69, 9.17) is 16.3 Å². The van der Waals surface area contributed by atoms with Gasteiger partial charge in [0, 0.05) is 28.6 Å². The molecular formula is C20H24ClNO2S. The zero-order valence-corrected chi connectivity index (χ0v) is 16.1. The maximum atomic E-state index is 10.9. The SMILES string of the molecule is CC(NCCOc1ccccc1Cl)C(O)C1c2ccccc2SC1C. The van der Waals surface area contributed by atoms with Crippen LogP contribution in [-0.4, -0.2) is 35.7 Å². The zero-order valence-electron chi connectivity index (χ0n) is 14.5. The molecule has 2 aromatic rings. The lowest BCUT2D eigenvalue weighted by molar-refractivity contribution is 0.104. The minimum Gasteiger partial charge on any atom is -0.491 e. The van der Waals surface area contributed by atoms with Crippen molar-refractivity contribution in [2.45, 2.75) is 42.1 Å². The molecule has 0 saturated heterocycles. The van der Waals surface area contributed by atoms with E-state index in [0.717, 1.165) is 0 Å². The molecule has 1 aliphatic rings. The number of aliphatic hydroxyl groups is 1. The van der Waals surface area contributed by atoms with Crippen LogP contribution >= 0.6 is 23.4 Å². The average Bonchev–Trinajstić information content (AvgIpc) is 2.95. The summed E-state index contributed by atoms with van der Waals surface area (Å²) in [6.07, 6.45) is -0.438. The van der Waals surface area contributed by atoms with Gasteiger partial charge in [-0.3, -0.25) is 0 Å². The summed E-state index contributed by atoms with van der Waals surface area (Å²) in [5.41, 5.74) is 1.26. The molecule has 2 aromatic carbocycles. The molecule has 4 atom stereocenters. The molecule has 0 spiro atoms. The number of rotatable bonds is 7. The molecule has 0 saturated carbocycles. The minimum absolute atomic E-state index is 0.0194. The summed E-state index contributed by atoms with van der Waals surface area (Å²) < 4.78 is 5.69. The monoisotopic (exact) mass is 377 g/mol. The van der Waals surface area contributed by atoms with E-state index in [2.05, 4.69) is 30.4 Å². The summed E-state index contributed by atoms with van der Waals surface area (Å²) in [7, 11) is 0. The maximum Gasteiger partial charge on any atom is 0.137 e. The van der Waals surface area contributed by atoms with Crippen molar-refractivity contribution in [3.05, 3.63) is 59.1 Å². The smallest absolute Gasteiger partial charge is 0.137 e. The first-order valence-electron chi connectivity index (χ1n) is 8.62. The number of fused-ring (bicyclic) bond motifs is 1. The van der Waals surface area contributed by atoms with Crippen LogP contribution in [0.1, 0.15) is 25.3 Å². The van der Waals surface area contributed by atoms with Crippen LogP contribution in [0.15, 0.2) is 53.4 Å². The first-order chi connectivity index (χ1) is 12.1. The van der Waals surface area contributed by atoms with Gasteiger partial charge in [-0.05, 0) is 30.7 Å². The Kier molecular flexibility index (Phi) is 6.29. The van der Waals surface area contributed by atoms with E-state index < -0.39 is 6.10 Å². The Hall–Kier alpha value is -1.20. The van der Waals surface area contributed by atoms with E-state index in [9.17, 15) is 5.11 Å². The quantitative estimate of drug-likeness (QED) is 0.704. The van der Waals surface area contributed by atoms with Crippen LogP contribution < -0.4 is 10.1 Å². The van der Waals surface area contributed by atoms with E-state index in [1.807, 2.05) is 49.0 Å². The lowest BCUT2D eigenvalue weighted by Crippen LogP contribution is -2.43. The van der Waals surface area contributed by atoms with Gasteiger partial charge in [-0.25, -0.2) is 0 Å². The van der Waals surface area contributed by atoms with Crippen LogP contribution in [0.2, 0.25) is 5.02 Å². The molecule has 3 rings (SSSR count). The first-order valence-corrected chi connectivity index (χ1v) is 9.88. The molecule has 1 heterocycles.